The minimum Gasteiger partial charge on any atom is -0.497 e. The molecule has 96 valence electrons. The molecule has 2 rings (SSSR count). The highest BCUT2D eigenvalue weighted by Crippen LogP contribution is 2.23. The topological polar surface area (TPSA) is 55.4 Å². The Balaban J connectivity index is 2.22. The van der Waals surface area contributed by atoms with Gasteiger partial charge in [0.1, 0.15) is 9.96 Å². The zero-order chi connectivity index (χ0) is 13.2. The Bertz CT molecular complexity index is 635. The molecule has 1 heterocycles. The Morgan fingerprint density at radius 3 is 2.33 bits per heavy atom. The van der Waals surface area contributed by atoms with E-state index >= 15 is 0 Å². The van der Waals surface area contributed by atoms with Crippen molar-refractivity contribution >= 4 is 27.0 Å². The molecule has 0 bridgehead atoms. The lowest BCUT2D eigenvalue weighted by Gasteiger charge is -2.06. The highest BCUT2D eigenvalue weighted by molar-refractivity contribution is 7.94. The van der Waals surface area contributed by atoms with E-state index in [-0.39, 0.29) is 4.21 Å². The lowest BCUT2D eigenvalue weighted by atomic mass is 10.3. The maximum Gasteiger partial charge on any atom is 0.271 e. The molecule has 7 heteroatoms. The average Bonchev–Trinajstić information content (AvgIpc) is 2.77. The SMILES string of the molecule is COc1ccc(NS(=O)(=O)c2ccc(F)s2)cc1. The van der Waals surface area contributed by atoms with Gasteiger partial charge in [0.25, 0.3) is 10.0 Å². The summed E-state index contributed by atoms with van der Waals surface area (Å²) < 4.78 is 43.8. The molecule has 0 amide bonds. The van der Waals surface area contributed by atoms with E-state index in [0.717, 1.165) is 6.07 Å². The summed E-state index contributed by atoms with van der Waals surface area (Å²) >= 11 is 0.580. The summed E-state index contributed by atoms with van der Waals surface area (Å²) in [5.74, 6) is 0.625. The van der Waals surface area contributed by atoms with E-state index < -0.39 is 15.2 Å². The normalized spacial score (nSPS) is 11.2. The summed E-state index contributed by atoms with van der Waals surface area (Å²) in [7, 11) is -2.20. The Labute approximate surface area is 108 Å². The maximum absolute atomic E-state index is 12.8. The van der Waals surface area contributed by atoms with Gasteiger partial charge in [-0.25, -0.2) is 8.42 Å². The van der Waals surface area contributed by atoms with Crippen molar-refractivity contribution in [2.24, 2.45) is 0 Å². The van der Waals surface area contributed by atoms with Crippen molar-refractivity contribution < 1.29 is 17.5 Å². The van der Waals surface area contributed by atoms with Crippen LogP contribution in [0.25, 0.3) is 0 Å². The first-order valence-electron chi connectivity index (χ1n) is 4.93. The van der Waals surface area contributed by atoms with Gasteiger partial charge < -0.3 is 4.74 Å². The number of hydrogen-bond acceptors (Lipinski definition) is 4. The van der Waals surface area contributed by atoms with E-state index in [1.165, 1.54) is 13.2 Å². The number of sulfonamides is 1. The zero-order valence-electron chi connectivity index (χ0n) is 9.38. The molecule has 18 heavy (non-hydrogen) atoms. The number of thiophene rings is 1. The molecule has 0 unspecified atom stereocenters. The van der Waals surface area contributed by atoms with Gasteiger partial charge >= 0.3 is 0 Å². The second-order valence-corrected chi connectivity index (χ2v) is 6.34. The number of ether oxygens (including phenoxy) is 1. The van der Waals surface area contributed by atoms with Crippen LogP contribution in [0, 0.1) is 5.13 Å². The molecule has 0 aliphatic heterocycles. The van der Waals surface area contributed by atoms with Gasteiger partial charge in [-0.2, -0.15) is 4.39 Å². The molecule has 0 spiro atoms. The quantitative estimate of drug-likeness (QED) is 0.940. The van der Waals surface area contributed by atoms with Crippen LogP contribution in [0.5, 0.6) is 5.75 Å². The molecule has 1 aromatic carbocycles. The first-order valence-corrected chi connectivity index (χ1v) is 7.23. The van der Waals surface area contributed by atoms with Crippen molar-refractivity contribution in [3.8, 4) is 5.75 Å². The van der Waals surface area contributed by atoms with Gasteiger partial charge in [-0.1, -0.05) is 11.3 Å². The van der Waals surface area contributed by atoms with Gasteiger partial charge in [0.15, 0.2) is 5.13 Å². The third-order valence-electron chi connectivity index (χ3n) is 2.16. The van der Waals surface area contributed by atoms with Crippen LogP contribution >= 0.6 is 11.3 Å². The molecule has 0 saturated carbocycles. The number of methoxy groups -OCH3 is 1. The number of rotatable bonds is 4. The zero-order valence-corrected chi connectivity index (χ0v) is 11.0. The van der Waals surface area contributed by atoms with Crippen LogP contribution in [-0.4, -0.2) is 15.5 Å². The predicted octanol–water partition coefficient (Wildman–Crippen LogP) is 2.70. The average molecular weight is 287 g/mol. The van der Waals surface area contributed by atoms with Gasteiger partial charge in [-0.05, 0) is 36.4 Å². The smallest absolute Gasteiger partial charge is 0.271 e. The number of benzene rings is 1. The fourth-order valence-corrected chi connectivity index (χ4v) is 3.37. The molecule has 1 aromatic heterocycles. The van der Waals surface area contributed by atoms with Crippen molar-refractivity contribution in [1.29, 1.82) is 0 Å². The van der Waals surface area contributed by atoms with Crippen LogP contribution in [0.2, 0.25) is 0 Å². The van der Waals surface area contributed by atoms with E-state index in [2.05, 4.69) is 4.72 Å². The summed E-state index contributed by atoms with van der Waals surface area (Å²) in [6, 6.07) is 8.75. The third kappa shape index (κ3) is 2.80. The highest BCUT2D eigenvalue weighted by atomic mass is 32.2. The van der Waals surface area contributed by atoms with Crippen LogP contribution in [-0.2, 0) is 10.0 Å². The molecule has 1 N–H and O–H groups in total. The largest absolute Gasteiger partial charge is 0.497 e. The minimum absolute atomic E-state index is 0.0594. The molecule has 2 aromatic rings. The molecule has 0 aliphatic rings. The molecule has 0 radical (unpaired) electrons. The van der Waals surface area contributed by atoms with E-state index in [4.69, 9.17) is 4.74 Å². The van der Waals surface area contributed by atoms with Crippen molar-refractivity contribution in [2.75, 3.05) is 11.8 Å². The number of nitrogens with one attached hydrogen (secondary N) is 1. The van der Waals surface area contributed by atoms with E-state index in [9.17, 15) is 12.8 Å². The second-order valence-electron chi connectivity index (χ2n) is 3.39. The Hall–Kier alpha value is -1.60. The lowest BCUT2D eigenvalue weighted by molar-refractivity contribution is 0.415. The molecular weight excluding hydrogens is 277 g/mol. The number of hydrogen-bond donors (Lipinski definition) is 1. The summed E-state index contributed by atoms with van der Waals surface area (Å²) in [5.41, 5.74) is 0.393. The van der Waals surface area contributed by atoms with E-state index in [0.29, 0.717) is 22.8 Å². The summed E-state index contributed by atoms with van der Waals surface area (Å²) in [5, 5.41) is -0.537. The van der Waals surface area contributed by atoms with E-state index in [1.807, 2.05) is 0 Å². The fourth-order valence-electron chi connectivity index (χ4n) is 1.31. The summed E-state index contributed by atoms with van der Waals surface area (Å²) in [6.07, 6.45) is 0. The van der Waals surface area contributed by atoms with E-state index in [1.54, 1.807) is 24.3 Å². The van der Waals surface area contributed by atoms with Gasteiger partial charge in [0.05, 0.1) is 7.11 Å². The highest BCUT2D eigenvalue weighted by Gasteiger charge is 2.16. The molecule has 4 nitrogen and oxygen atoms in total. The van der Waals surface area contributed by atoms with Crippen LogP contribution in [0.4, 0.5) is 10.1 Å². The Kier molecular flexibility index (Phi) is 3.53. The van der Waals surface area contributed by atoms with Gasteiger partial charge in [0.2, 0.25) is 0 Å². The lowest BCUT2D eigenvalue weighted by Crippen LogP contribution is -2.11. The third-order valence-corrected chi connectivity index (χ3v) is 4.90. The van der Waals surface area contributed by atoms with Crippen LogP contribution < -0.4 is 9.46 Å². The molecule has 0 aliphatic carbocycles. The standard InChI is InChI=1S/C11H10FNO3S2/c1-16-9-4-2-8(3-5-9)13-18(14,15)11-7-6-10(12)17-11/h2-7,13H,1H3. The van der Waals surface area contributed by atoms with Crippen LogP contribution in [0.3, 0.4) is 0 Å². The number of halogens is 1. The Morgan fingerprint density at radius 2 is 1.83 bits per heavy atom. The predicted molar refractivity (Wildman–Crippen MR) is 68.1 cm³/mol. The van der Waals surface area contributed by atoms with Crippen molar-refractivity contribution in [3.05, 3.63) is 41.5 Å². The molecular formula is C11H10FNO3S2. The fraction of sp³-hybridized carbons (Fsp3) is 0.0909. The first-order chi connectivity index (χ1) is 8.51. The molecule has 0 saturated heterocycles. The van der Waals surface area contributed by atoms with Crippen LogP contribution in [0.15, 0.2) is 40.6 Å². The maximum atomic E-state index is 12.8. The monoisotopic (exact) mass is 287 g/mol. The molecule has 0 fully saturated rings. The summed E-state index contributed by atoms with van der Waals surface area (Å²) in [6.45, 7) is 0. The van der Waals surface area contributed by atoms with Crippen LogP contribution in [0.1, 0.15) is 0 Å². The molecule has 0 atom stereocenters. The summed E-state index contributed by atoms with van der Waals surface area (Å²) in [4.78, 5) is 0. The number of anilines is 1. The second kappa shape index (κ2) is 4.95. The van der Waals surface area contributed by atoms with Gasteiger partial charge in [0, 0.05) is 5.69 Å². The van der Waals surface area contributed by atoms with Crippen molar-refractivity contribution in [2.45, 2.75) is 4.21 Å². The van der Waals surface area contributed by atoms with Gasteiger partial charge in [-0.3, -0.25) is 4.72 Å². The first kappa shape index (κ1) is 12.8. The van der Waals surface area contributed by atoms with Crippen molar-refractivity contribution in [3.63, 3.8) is 0 Å². The van der Waals surface area contributed by atoms with Crippen molar-refractivity contribution in [1.82, 2.24) is 0 Å². The Morgan fingerprint density at radius 1 is 1.17 bits per heavy atom. The minimum atomic E-state index is -3.72. The van der Waals surface area contributed by atoms with Gasteiger partial charge in [-0.15, -0.1) is 0 Å².